The summed E-state index contributed by atoms with van der Waals surface area (Å²) in [5, 5.41) is 11.5. The summed E-state index contributed by atoms with van der Waals surface area (Å²) in [4.78, 5) is 0. The van der Waals surface area contributed by atoms with Gasteiger partial charge < -0.3 is 4.74 Å². The minimum absolute atomic E-state index is 0.0878. The quantitative estimate of drug-likeness (QED) is 0.802. The van der Waals surface area contributed by atoms with Gasteiger partial charge in [-0.2, -0.15) is 0 Å². The third-order valence-corrected chi connectivity index (χ3v) is 6.57. The van der Waals surface area contributed by atoms with Gasteiger partial charge in [-0.25, -0.2) is 13.1 Å². The van der Waals surface area contributed by atoms with E-state index >= 15 is 0 Å². The van der Waals surface area contributed by atoms with Crippen LogP contribution in [0.5, 0.6) is 0 Å². The lowest BCUT2D eigenvalue weighted by atomic mass is 10.1. The van der Waals surface area contributed by atoms with Crippen LogP contribution in [0.1, 0.15) is 42.4 Å². The Morgan fingerprint density at radius 2 is 1.96 bits per heavy atom. The Morgan fingerprint density at radius 3 is 2.62 bits per heavy atom. The fraction of sp³-hybridized carbons (Fsp3) is 0.533. The van der Waals surface area contributed by atoms with Crippen molar-refractivity contribution in [3.05, 3.63) is 40.7 Å². The molecule has 1 fully saturated rings. The zero-order valence-corrected chi connectivity index (χ0v) is 14.9. The molecule has 0 aliphatic carbocycles. The highest BCUT2D eigenvalue weighted by atomic mass is 35.5. The number of nitrogens with zero attached hydrogens (tertiary/aromatic N) is 4. The molecule has 7 nitrogen and oxygen atoms in total. The normalized spacial score (nSPS) is 17.8. The van der Waals surface area contributed by atoms with Gasteiger partial charge in [-0.1, -0.05) is 23.7 Å². The van der Waals surface area contributed by atoms with Gasteiger partial charge in [0.15, 0.2) is 15.7 Å². The van der Waals surface area contributed by atoms with Gasteiger partial charge in [-0.05, 0) is 47.9 Å². The van der Waals surface area contributed by atoms with E-state index in [-0.39, 0.29) is 11.8 Å². The average Bonchev–Trinajstić information content (AvgIpc) is 3.03. The molecule has 2 heterocycles. The van der Waals surface area contributed by atoms with Crippen molar-refractivity contribution in [3.8, 4) is 0 Å². The molecule has 0 amide bonds. The molecule has 0 saturated carbocycles. The molecule has 0 spiro atoms. The second-order valence-electron chi connectivity index (χ2n) is 5.88. The monoisotopic (exact) mass is 370 g/mol. The number of rotatable bonds is 5. The molecule has 130 valence electrons. The van der Waals surface area contributed by atoms with Crippen LogP contribution in [0.15, 0.2) is 24.3 Å². The number of sulfone groups is 1. The maximum absolute atomic E-state index is 12.8. The molecule has 0 radical (unpaired) electrons. The van der Waals surface area contributed by atoms with Crippen molar-refractivity contribution in [3.63, 3.8) is 0 Å². The zero-order valence-electron chi connectivity index (χ0n) is 13.3. The molecule has 0 N–H and O–H groups in total. The van der Waals surface area contributed by atoms with Crippen molar-refractivity contribution in [1.82, 2.24) is 20.2 Å². The molecule has 3 rings (SSSR count). The minimum Gasteiger partial charge on any atom is -0.381 e. The maximum atomic E-state index is 12.8. The summed E-state index contributed by atoms with van der Waals surface area (Å²) in [6.45, 7) is 2.94. The number of aromatic nitrogens is 4. The van der Waals surface area contributed by atoms with Crippen molar-refractivity contribution >= 4 is 21.4 Å². The number of hydrogen-bond acceptors (Lipinski definition) is 6. The first-order chi connectivity index (χ1) is 11.5. The van der Waals surface area contributed by atoms with Crippen LogP contribution in [0, 0.1) is 0 Å². The third-order valence-electron chi connectivity index (χ3n) is 4.31. The third kappa shape index (κ3) is 3.76. The molecule has 9 heteroatoms. The van der Waals surface area contributed by atoms with Gasteiger partial charge in [0.1, 0.15) is 5.75 Å². The summed E-state index contributed by atoms with van der Waals surface area (Å²) in [6.07, 6.45) is 1.57. The van der Waals surface area contributed by atoms with Gasteiger partial charge in [0.05, 0.1) is 11.3 Å². The van der Waals surface area contributed by atoms with E-state index < -0.39 is 15.1 Å². The number of hydrogen-bond donors (Lipinski definition) is 0. The summed E-state index contributed by atoms with van der Waals surface area (Å²) < 4.78 is 32.5. The standard InChI is InChI=1S/C15H19ClN4O3S/c1-11(12-2-4-13(16)5-3-12)24(21,22)10-15-17-18-19-20(15)14-6-8-23-9-7-14/h2-5,11,14H,6-10H2,1H3. The van der Waals surface area contributed by atoms with E-state index in [0.29, 0.717) is 29.6 Å². The smallest absolute Gasteiger partial charge is 0.166 e. The summed E-state index contributed by atoms with van der Waals surface area (Å²) in [7, 11) is -3.45. The molecule has 0 bridgehead atoms. The highest BCUT2D eigenvalue weighted by Crippen LogP contribution is 2.27. The van der Waals surface area contributed by atoms with Gasteiger partial charge in [0.2, 0.25) is 0 Å². The van der Waals surface area contributed by atoms with Crippen molar-refractivity contribution in [1.29, 1.82) is 0 Å². The second kappa shape index (κ2) is 7.16. The molecule has 2 aromatic rings. The lowest BCUT2D eigenvalue weighted by Gasteiger charge is -2.23. The zero-order chi connectivity index (χ0) is 17.2. The predicted octanol–water partition coefficient (Wildman–Crippen LogP) is 2.35. The summed E-state index contributed by atoms with van der Waals surface area (Å²) in [5.74, 6) is 0.184. The second-order valence-corrected chi connectivity index (χ2v) is 8.64. The Morgan fingerprint density at radius 1 is 1.29 bits per heavy atom. The molecular formula is C15H19ClN4O3S. The van der Waals surface area contributed by atoms with Crippen molar-refractivity contribution in [2.45, 2.75) is 36.8 Å². The summed E-state index contributed by atoms with van der Waals surface area (Å²) in [6, 6.07) is 6.92. The highest BCUT2D eigenvalue weighted by Gasteiger charge is 2.28. The molecule has 1 aromatic carbocycles. The van der Waals surface area contributed by atoms with Crippen LogP contribution in [0.2, 0.25) is 5.02 Å². The van der Waals surface area contributed by atoms with Crippen LogP contribution in [0.3, 0.4) is 0 Å². The van der Waals surface area contributed by atoms with Gasteiger partial charge >= 0.3 is 0 Å². The number of tetrazole rings is 1. The first kappa shape index (κ1) is 17.3. The Kier molecular flexibility index (Phi) is 5.17. The molecule has 1 aliphatic heterocycles. The molecule has 1 aliphatic rings. The van der Waals surface area contributed by atoms with Gasteiger partial charge in [-0.3, -0.25) is 0 Å². The Bertz CT molecular complexity index is 785. The maximum Gasteiger partial charge on any atom is 0.166 e. The highest BCUT2D eigenvalue weighted by molar-refractivity contribution is 7.90. The van der Waals surface area contributed by atoms with Gasteiger partial charge in [0.25, 0.3) is 0 Å². The molecular weight excluding hydrogens is 352 g/mol. The van der Waals surface area contributed by atoms with E-state index in [9.17, 15) is 8.42 Å². The van der Waals surface area contributed by atoms with Gasteiger partial charge in [0, 0.05) is 18.2 Å². The number of halogens is 1. The molecule has 1 saturated heterocycles. The molecule has 1 aromatic heterocycles. The van der Waals surface area contributed by atoms with Crippen LogP contribution in [0.4, 0.5) is 0 Å². The van der Waals surface area contributed by atoms with Crippen LogP contribution < -0.4 is 0 Å². The van der Waals surface area contributed by atoms with E-state index in [4.69, 9.17) is 16.3 Å². The van der Waals surface area contributed by atoms with E-state index in [2.05, 4.69) is 15.5 Å². The van der Waals surface area contributed by atoms with Crippen LogP contribution in [0.25, 0.3) is 0 Å². The molecule has 1 unspecified atom stereocenters. The van der Waals surface area contributed by atoms with E-state index in [0.717, 1.165) is 12.8 Å². The van der Waals surface area contributed by atoms with E-state index in [1.807, 2.05) is 0 Å². The summed E-state index contributed by atoms with van der Waals surface area (Å²) >= 11 is 5.86. The fourth-order valence-electron chi connectivity index (χ4n) is 2.77. The number of benzene rings is 1. The van der Waals surface area contributed by atoms with Crippen LogP contribution >= 0.6 is 11.6 Å². The Balaban J connectivity index is 1.79. The Labute approximate surface area is 145 Å². The lowest BCUT2D eigenvalue weighted by molar-refractivity contribution is 0.0650. The first-order valence-corrected chi connectivity index (χ1v) is 9.88. The lowest BCUT2D eigenvalue weighted by Crippen LogP contribution is -2.24. The SMILES string of the molecule is CC(c1ccc(Cl)cc1)S(=O)(=O)Cc1nnnn1C1CCOCC1. The van der Waals surface area contributed by atoms with Crippen molar-refractivity contribution in [2.75, 3.05) is 13.2 Å². The van der Waals surface area contributed by atoms with Crippen LogP contribution in [-0.2, 0) is 20.3 Å². The van der Waals surface area contributed by atoms with E-state index in [1.165, 1.54) is 0 Å². The van der Waals surface area contributed by atoms with Crippen molar-refractivity contribution < 1.29 is 13.2 Å². The van der Waals surface area contributed by atoms with Gasteiger partial charge in [-0.15, -0.1) is 5.10 Å². The Hall–Kier alpha value is -1.51. The molecule has 24 heavy (non-hydrogen) atoms. The first-order valence-electron chi connectivity index (χ1n) is 7.79. The summed E-state index contributed by atoms with van der Waals surface area (Å²) in [5.41, 5.74) is 0.699. The topological polar surface area (TPSA) is 87.0 Å². The largest absolute Gasteiger partial charge is 0.381 e. The predicted molar refractivity (Wildman–Crippen MR) is 89.4 cm³/mol. The van der Waals surface area contributed by atoms with Crippen molar-refractivity contribution in [2.24, 2.45) is 0 Å². The number of ether oxygens (including phenoxy) is 1. The minimum atomic E-state index is -3.45. The molecule has 1 atom stereocenters. The average molecular weight is 371 g/mol. The van der Waals surface area contributed by atoms with E-state index in [1.54, 1.807) is 35.9 Å². The fourth-order valence-corrected chi connectivity index (χ4v) is 4.26. The van der Waals surface area contributed by atoms with Crippen LogP contribution in [-0.4, -0.2) is 41.8 Å².